The van der Waals surface area contributed by atoms with Gasteiger partial charge in [0.15, 0.2) is 11.4 Å². The molecule has 5 aromatic rings. The quantitative estimate of drug-likeness (QED) is 0.207. The van der Waals surface area contributed by atoms with Crippen LogP contribution in [-0.4, -0.2) is 51.2 Å². The Hall–Kier alpha value is -4.48. The molecule has 3 N–H and O–H groups in total. The van der Waals surface area contributed by atoms with Gasteiger partial charge in [-0.15, -0.1) is 0 Å². The van der Waals surface area contributed by atoms with Crippen molar-refractivity contribution in [2.45, 2.75) is 32.9 Å². The van der Waals surface area contributed by atoms with E-state index in [4.69, 9.17) is 14.2 Å². The third-order valence-corrected chi connectivity index (χ3v) is 7.26. The van der Waals surface area contributed by atoms with Gasteiger partial charge in [0.1, 0.15) is 22.8 Å². The van der Waals surface area contributed by atoms with Crippen molar-refractivity contribution in [2.24, 2.45) is 5.92 Å². The van der Waals surface area contributed by atoms with Crippen LogP contribution in [0, 0.1) is 5.92 Å². The summed E-state index contributed by atoms with van der Waals surface area (Å²) in [5, 5.41) is 23.5. The lowest BCUT2D eigenvalue weighted by Gasteiger charge is -2.18. The highest BCUT2D eigenvalue weighted by molar-refractivity contribution is 7.08. The number of nitrogens with one attached hydrogen (secondary N) is 2. The SMILES string of the molecule is COc1ccc(-c2cc(CNC(=O)c3cccn4c(C(=O)N[C@H](CO)CC(C)C)c(-c5ccsc5)nc34)no2)cc1. The number of aromatic nitrogens is 3. The first kappa shape index (κ1) is 28.1. The maximum Gasteiger partial charge on any atom is 0.270 e. The summed E-state index contributed by atoms with van der Waals surface area (Å²) in [7, 11) is 1.60. The first-order valence-corrected chi connectivity index (χ1v) is 14.2. The Labute approximate surface area is 241 Å². The summed E-state index contributed by atoms with van der Waals surface area (Å²) in [4.78, 5) is 31.6. The number of rotatable bonds is 11. The minimum absolute atomic E-state index is 0.137. The number of thiophene rings is 1. The number of carbonyl (C=O) groups is 2. The lowest BCUT2D eigenvalue weighted by atomic mass is 10.0. The molecule has 0 radical (unpaired) electrons. The summed E-state index contributed by atoms with van der Waals surface area (Å²) in [6.45, 7) is 4.02. The molecule has 1 atom stereocenters. The predicted molar refractivity (Wildman–Crippen MR) is 156 cm³/mol. The second kappa shape index (κ2) is 12.4. The van der Waals surface area contributed by atoms with Crippen LogP contribution in [0.1, 0.15) is 46.8 Å². The van der Waals surface area contributed by atoms with Gasteiger partial charge in [-0.1, -0.05) is 19.0 Å². The van der Waals surface area contributed by atoms with E-state index >= 15 is 0 Å². The maximum absolute atomic E-state index is 13.5. The number of ether oxygens (including phenoxy) is 1. The van der Waals surface area contributed by atoms with Crippen molar-refractivity contribution in [2.75, 3.05) is 13.7 Å². The molecular formula is C30H31N5O5S. The molecule has 4 heterocycles. The van der Waals surface area contributed by atoms with E-state index in [2.05, 4.69) is 15.8 Å². The summed E-state index contributed by atoms with van der Waals surface area (Å²) in [5.41, 5.74) is 3.58. The topological polar surface area (TPSA) is 131 Å². The van der Waals surface area contributed by atoms with Crippen molar-refractivity contribution in [3.05, 3.63) is 82.4 Å². The number of pyridine rings is 1. The number of carbonyl (C=O) groups excluding carboxylic acids is 2. The second-order valence-electron chi connectivity index (χ2n) is 10.0. The van der Waals surface area contributed by atoms with Crippen molar-refractivity contribution >= 4 is 28.8 Å². The Balaban J connectivity index is 1.40. The molecule has 0 saturated carbocycles. The van der Waals surface area contributed by atoms with Crippen molar-refractivity contribution in [1.82, 2.24) is 25.2 Å². The Morgan fingerprint density at radius 3 is 2.61 bits per heavy atom. The molecule has 4 aromatic heterocycles. The smallest absolute Gasteiger partial charge is 0.270 e. The second-order valence-corrected chi connectivity index (χ2v) is 10.8. The van der Waals surface area contributed by atoms with Crippen LogP contribution in [0.5, 0.6) is 5.75 Å². The highest BCUT2D eigenvalue weighted by atomic mass is 32.1. The summed E-state index contributed by atoms with van der Waals surface area (Å²) >= 11 is 1.49. The zero-order valence-electron chi connectivity index (χ0n) is 23.0. The molecule has 0 fully saturated rings. The van der Waals surface area contributed by atoms with E-state index in [-0.39, 0.29) is 25.0 Å². The molecule has 0 spiro atoms. The summed E-state index contributed by atoms with van der Waals surface area (Å²) in [5.74, 6) is 0.858. The number of nitrogens with zero attached hydrogens (tertiary/aromatic N) is 3. The summed E-state index contributed by atoms with van der Waals surface area (Å²) in [6, 6.07) is 14.0. The molecule has 10 nitrogen and oxygen atoms in total. The van der Waals surface area contributed by atoms with Gasteiger partial charge in [-0.25, -0.2) is 4.98 Å². The van der Waals surface area contributed by atoms with Crippen LogP contribution in [0.25, 0.3) is 28.2 Å². The molecule has 0 aliphatic heterocycles. The lowest BCUT2D eigenvalue weighted by molar-refractivity contribution is 0.0901. The average Bonchev–Trinajstić information content (AvgIpc) is 3.75. The van der Waals surface area contributed by atoms with Gasteiger partial charge in [-0.3, -0.25) is 14.0 Å². The Bertz CT molecular complexity index is 1640. The average molecular weight is 574 g/mol. The van der Waals surface area contributed by atoms with Crippen molar-refractivity contribution in [1.29, 1.82) is 0 Å². The number of hydrogen-bond donors (Lipinski definition) is 3. The summed E-state index contributed by atoms with van der Waals surface area (Å²) in [6.07, 6.45) is 2.34. The zero-order valence-corrected chi connectivity index (χ0v) is 23.8. The van der Waals surface area contributed by atoms with E-state index in [0.717, 1.165) is 16.9 Å². The molecule has 0 aliphatic rings. The summed E-state index contributed by atoms with van der Waals surface area (Å²) < 4.78 is 12.3. The fourth-order valence-electron chi connectivity index (χ4n) is 4.62. The molecule has 0 unspecified atom stereocenters. The Morgan fingerprint density at radius 1 is 1.12 bits per heavy atom. The normalized spacial score (nSPS) is 12.0. The van der Waals surface area contributed by atoms with Gasteiger partial charge in [0.25, 0.3) is 11.8 Å². The van der Waals surface area contributed by atoms with Crippen LogP contribution in [0.3, 0.4) is 0 Å². The number of aliphatic hydroxyl groups is 1. The standard InChI is InChI=1S/C30H31N5O5S/c1-18(2)13-22(16-36)32-30(38)27-26(20-10-12-41-17-20)33-28-24(5-4-11-35(27)28)29(37)31-15-21-14-25(40-34-21)19-6-8-23(39-3)9-7-19/h4-12,14,17-18,22,36H,13,15-16H2,1-3H3,(H,31,37)(H,32,38)/t22-/m0/s1. The number of amides is 2. The number of aliphatic hydroxyl groups excluding tert-OH is 1. The molecule has 1 aromatic carbocycles. The Kier molecular flexibility index (Phi) is 8.46. The van der Waals surface area contributed by atoms with E-state index in [1.165, 1.54) is 11.3 Å². The fraction of sp³-hybridized carbons (Fsp3) is 0.267. The maximum atomic E-state index is 13.5. The van der Waals surface area contributed by atoms with Crippen LogP contribution >= 0.6 is 11.3 Å². The van der Waals surface area contributed by atoms with E-state index in [1.807, 2.05) is 54.9 Å². The third kappa shape index (κ3) is 6.16. The van der Waals surface area contributed by atoms with Crippen LogP contribution in [0.4, 0.5) is 0 Å². The van der Waals surface area contributed by atoms with Gasteiger partial charge in [0.2, 0.25) is 0 Å². The van der Waals surface area contributed by atoms with Crippen LogP contribution in [0.15, 0.2) is 70.0 Å². The highest BCUT2D eigenvalue weighted by Gasteiger charge is 2.26. The number of fused-ring (bicyclic) bond motifs is 1. The zero-order chi connectivity index (χ0) is 28.9. The minimum atomic E-state index is -0.403. The third-order valence-electron chi connectivity index (χ3n) is 6.58. The van der Waals surface area contributed by atoms with Crippen molar-refractivity contribution in [3.63, 3.8) is 0 Å². The largest absolute Gasteiger partial charge is 0.497 e. The predicted octanol–water partition coefficient (Wildman–Crippen LogP) is 4.79. The van der Waals surface area contributed by atoms with E-state index in [9.17, 15) is 14.7 Å². The molecule has 2 amide bonds. The number of methoxy groups -OCH3 is 1. The molecule has 41 heavy (non-hydrogen) atoms. The molecule has 0 bridgehead atoms. The highest BCUT2D eigenvalue weighted by Crippen LogP contribution is 2.28. The minimum Gasteiger partial charge on any atom is -0.497 e. The lowest BCUT2D eigenvalue weighted by Crippen LogP contribution is -2.39. The monoisotopic (exact) mass is 573 g/mol. The van der Waals surface area contributed by atoms with Crippen molar-refractivity contribution < 1.29 is 24.0 Å². The van der Waals surface area contributed by atoms with Gasteiger partial charge in [0, 0.05) is 28.8 Å². The molecule has 0 aliphatic carbocycles. The molecule has 5 rings (SSSR count). The first-order valence-electron chi connectivity index (χ1n) is 13.2. The van der Waals surface area contributed by atoms with Gasteiger partial charge < -0.3 is 25.0 Å². The van der Waals surface area contributed by atoms with Gasteiger partial charge in [0.05, 0.1) is 31.9 Å². The van der Waals surface area contributed by atoms with E-state index in [0.29, 0.717) is 46.4 Å². The van der Waals surface area contributed by atoms with Gasteiger partial charge in [-0.2, -0.15) is 11.3 Å². The molecular weight excluding hydrogens is 542 g/mol. The molecule has 11 heteroatoms. The number of hydrogen-bond acceptors (Lipinski definition) is 8. The van der Waals surface area contributed by atoms with E-state index in [1.54, 1.807) is 35.9 Å². The van der Waals surface area contributed by atoms with Crippen LogP contribution < -0.4 is 15.4 Å². The van der Waals surface area contributed by atoms with Crippen molar-refractivity contribution in [3.8, 4) is 28.3 Å². The molecule has 212 valence electrons. The first-order chi connectivity index (χ1) is 19.9. The Morgan fingerprint density at radius 2 is 1.93 bits per heavy atom. The van der Waals surface area contributed by atoms with Gasteiger partial charge >= 0.3 is 0 Å². The molecule has 0 saturated heterocycles. The van der Waals surface area contributed by atoms with E-state index < -0.39 is 6.04 Å². The van der Waals surface area contributed by atoms with Crippen LogP contribution in [-0.2, 0) is 6.54 Å². The van der Waals surface area contributed by atoms with Gasteiger partial charge in [-0.05, 0) is 60.2 Å². The number of benzene rings is 1. The van der Waals surface area contributed by atoms with Crippen LogP contribution in [0.2, 0.25) is 0 Å². The number of imidazole rings is 1. The fourth-order valence-corrected chi connectivity index (χ4v) is 5.26.